The number of alkyl halides is 1. The van der Waals surface area contributed by atoms with Gasteiger partial charge < -0.3 is 4.90 Å². The molecule has 140 valence electrons. The van der Waals surface area contributed by atoms with Crippen molar-refractivity contribution in [1.29, 1.82) is 0 Å². The van der Waals surface area contributed by atoms with Gasteiger partial charge in [-0.25, -0.2) is 0 Å². The van der Waals surface area contributed by atoms with E-state index in [0.29, 0.717) is 29.6 Å². The number of aryl methyl sites for hydroxylation is 1. The molecule has 5 heteroatoms. The second-order valence-corrected chi connectivity index (χ2v) is 8.33. The van der Waals surface area contributed by atoms with Crippen molar-refractivity contribution in [3.63, 3.8) is 0 Å². The Morgan fingerprint density at radius 3 is 2.31 bits per heavy atom. The van der Waals surface area contributed by atoms with E-state index in [1.807, 2.05) is 37.8 Å². The van der Waals surface area contributed by atoms with Crippen molar-refractivity contribution >= 4 is 40.7 Å². The van der Waals surface area contributed by atoms with E-state index in [0.717, 1.165) is 11.1 Å². The van der Waals surface area contributed by atoms with Gasteiger partial charge in [-0.1, -0.05) is 59.1 Å². The van der Waals surface area contributed by atoms with Gasteiger partial charge in [-0.2, -0.15) is 0 Å². The minimum atomic E-state index is -0.615. The van der Waals surface area contributed by atoms with Crippen LogP contribution in [0.1, 0.15) is 30.5 Å². The van der Waals surface area contributed by atoms with Crippen molar-refractivity contribution < 1.29 is 4.79 Å². The lowest BCUT2D eigenvalue weighted by atomic mass is 9.93. The average molecular weight is 413 g/mol. The maximum Gasteiger partial charge on any atom is 0.229 e. The highest BCUT2D eigenvalue weighted by Gasteiger charge is 2.31. The highest BCUT2D eigenvalue weighted by molar-refractivity contribution is 6.35. The zero-order chi connectivity index (χ0) is 19.3. The van der Waals surface area contributed by atoms with E-state index in [9.17, 15) is 4.79 Å². The first-order valence-corrected chi connectivity index (χ1v) is 9.87. The van der Waals surface area contributed by atoms with Gasteiger partial charge in [0.25, 0.3) is 0 Å². The average Bonchev–Trinajstić information content (AvgIpc) is 2.61. The number of hydrogen-bond acceptors (Lipinski definition) is 1. The third kappa shape index (κ3) is 5.64. The van der Waals surface area contributed by atoms with E-state index in [1.165, 1.54) is 5.56 Å². The van der Waals surface area contributed by atoms with Gasteiger partial charge in [-0.3, -0.25) is 4.79 Å². The standard InChI is InChI=1S/C21H24Cl3NO/c1-15-4-6-16(7-5-15)13-25(20(26)21(2,3)14-22)11-10-17-8-9-18(23)12-19(17)24/h4-9,12H,10-11,13-14H2,1-3H3. The topological polar surface area (TPSA) is 20.3 Å². The first-order valence-electron chi connectivity index (χ1n) is 8.58. The molecule has 2 aromatic carbocycles. The van der Waals surface area contributed by atoms with Crippen LogP contribution in [-0.4, -0.2) is 23.2 Å². The predicted octanol–water partition coefficient (Wildman–Crippen LogP) is 6.14. The van der Waals surface area contributed by atoms with Crippen LogP contribution in [0.15, 0.2) is 42.5 Å². The van der Waals surface area contributed by atoms with Crippen LogP contribution in [0, 0.1) is 12.3 Å². The molecule has 0 saturated heterocycles. The summed E-state index contributed by atoms with van der Waals surface area (Å²) in [5.74, 6) is 0.316. The fourth-order valence-corrected chi connectivity index (χ4v) is 3.25. The molecule has 0 radical (unpaired) electrons. The summed E-state index contributed by atoms with van der Waals surface area (Å²) in [5, 5.41) is 1.23. The molecule has 0 N–H and O–H groups in total. The number of benzene rings is 2. The van der Waals surface area contributed by atoms with Gasteiger partial charge in [-0.15, -0.1) is 11.6 Å². The van der Waals surface area contributed by atoms with Gasteiger partial charge in [0.05, 0.1) is 5.41 Å². The lowest BCUT2D eigenvalue weighted by Crippen LogP contribution is -2.42. The maximum atomic E-state index is 13.0. The van der Waals surface area contributed by atoms with E-state index in [-0.39, 0.29) is 11.8 Å². The van der Waals surface area contributed by atoms with Crippen LogP contribution in [0.5, 0.6) is 0 Å². The molecule has 0 aliphatic rings. The largest absolute Gasteiger partial charge is 0.338 e. The Balaban J connectivity index is 2.19. The molecule has 0 aliphatic carbocycles. The van der Waals surface area contributed by atoms with Crippen LogP contribution in [-0.2, 0) is 17.8 Å². The van der Waals surface area contributed by atoms with E-state index < -0.39 is 5.41 Å². The van der Waals surface area contributed by atoms with Gasteiger partial charge in [0, 0.05) is 29.0 Å². The number of carbonyl (C=O) groups excluding carboxylic acids is 1. The lowest BCUT2D eigenvalue weighted by Gasteiger charge is -2.31. The summed E-state index contributed by atoms with van der Waals surface area (Å²) in [4.78, 5) is 14.9. The molecule has 2 nitrogen and oxygen atoms in total. The third-order valence-corrected chi connectivity index (χ3v) is 5.62. The number of nitrogens with zero attached hydrogens (tertiary/aromatic N) is 1. The summed E-state index contributed by atoms with van der Waals surface area (Å²) in [6.45, 7) is 6.91. The number of halogens is 3. The zero-order valence-corrected chi connectivity index (χ0v) is 17.6. The number of hydrogen-bond donors (Lipinski definition) is 0. The van der Waals surface area contributed by atoms with Crippen LogP contribution in [0.25, 0.3) is 0 Å². The number of amides is 1. The lowest BCUT2D eigenvalue weighted by molar-refractivity contribution is -0.139. The van der Waals surface area contributed by atoms with Crippen LogP contribution in [0.3, 0.4) is 0 Å². The molecule has 0 atom stereocenters. The molecule has 1 amide bonds. The molecule has 2 rings (SSSR count). The smallest absolute Gasteiger partial charge is 0.229 e. The second-order valence-electron chi connectivity index (χ2n) is 7.22. The van der Waals surface area contributed by atoms with E-state index in [1.54, 1.807) is 6.07 Å². The maximum absolute atomic E-state index is 13.0. The Hall–Kier alpha value is -1.22. The minimum Gasteiger partial charge on any atom is -0.338 e. The fraction of sp³-hybridized carbons (Fsp3) is 0.381. The molecule has 0 unspecified atom stereocenters. The number of rotatable bonds is 7. The van der Waals surface area contributed by atoms with Crippen molar-refractivity contribution in [2.24, 2.45) is 5.41 Å². The first kappa shape index (κ1) is 21.1. The molecule has 0 heterocycles. The summed E-state index contributed by atoms with van der Waals surface area (Å²) in [6, 6.07) is 13.7. The molecule has 2 aromatic rings. The molecule has 0 spiro atoms. The molecule has 0 fully saturated rings. The molecule has 0 saturated carbocycles. The Kier molecular flexibility index (Phi) is 7.40. The molecule has 0 aromatic heterocycles. The normalized spacial score (nSPS) is 11.5. The quantitative estimate of drug-likeness (QED) is 0.500. The van der Waals surface area contributed by atoms with Gasteiger partial charge in [0.15, 0.2) is 0 Å². The summed E-state index contributed by atoms with van der Waals surface area (Å²) in [6.07, 6.45) is 0.659. The molecular formula is C21H24Cl3NO. The Bertz CT molecular complexity index is 756. The monoisotopic (exact) mass is 411 g/mol. The van der Waals surface area contributed by atoms with Crippen LogP contribution >= 0.6 is 34.8 Å². The van der Waals surface area contributed by atoms with Crippen molar-refractivity contribution in [2.75, 3.05) is 12.4 Å². The SMILES string of the molecule is Cc1ccc(CN(CCc2ccc(Cl)cc2Cl)C(=O)C(C)(C)CCl)cc1. The van der Waals surface area contributed by atoms with Crippen molar-refractivity contribution in [2.45, 2.75) is 33.7 Å². The second kappa shape index (κ2) is 9.12. The summed E-state index contributed by atoms with van der Waals surface area (Å²) >= 11 is 18.3. The molecule has 0 aliphatic heterocycles. The van der Waals surface area contributed by atoms with Crippen LogP contribution < -0.4 is 0 Å². The first-order chi connectivity index (χ1) is 12.2. The third-order valence-electron chi connectivity index (χ3n) is 4.36. The molecular weight excluding hydrogens is 389 g/mol. The van der Waals surface area contributed by atoms with Gasteiger partial charge in [0.1, 0.15) is 0 Å². The van der Waals surface area contributed by atoms with E-state index in [2.05, 4.69) is 24.3 Å². The van der Waals surface area contributed by atoms with Crippen LogP contribution in [0.2, 0.25) is 10.0 Å². The van der Waals surface area contributed by atoms with Gasteiger partial charge in [-0.05, 0) is 50.5 Å². The Morgan fingerprint density at radius 2 is 1.73 bits per heavy atom. The Labute approximate surface area is 171 Å². The van der Waals surface area contributed by atoms with Crippen LogP contribution in [0.4, 0.5) is 0 Å². The van der Waals surface area contributed by atoms with Gasteiger partial charge in [0.2, 0.25) is 5.91 Å². The predicted molar refractivity (Wildman–Crippen MR) is 111 cm³/mol. The molecule has 0 bridgehead atoms. The zero-order valence-electron chi connectivity index (χ0n) is 15.4. The van der Waals surface area contributed by atoms with Crippen molar-refractivity contribution in [1.82, 2.24) is 4.90 Å². The van der Waals surface area contributed by atoms with Crippen molar-refractivity contribution in [3.8, 4) is 0 Å². The van der Waals surface area contributed by atoms with E-state index in [4.69, 9.17) is 34.8 Å². The summed E-state index contributed by atoms with van der Waals surface area (Å²) < 4.78 is 0. The highest BCUT2D eigenvalue weighted by atomic mass is 35.5. The molecule has 26 heavy (non-hydrogen) atoms. The summed E-state index contributed by atoms with van der Waals surface area (Å²) in [7, 11) is 0. The minimum absolute atomic E-state index is 0.0400. The summed E-state index contributed by atoms with van der Waals surface area (Å²) in [5.41, 5.74) is 2.65. The fourth-order valence-electron chi connectivity index (χ4n) is 2.63. The Morgan fingerprint density at radius 1 is 1.08 bits per heavy atom. The van der Waals surface area contributed by atoms with Crippen molar-refractivity contribution in [3.05, 3.63) is 69.2 Å². The van der Waals surface area contributed by atoms with Gasteiger partial charge >= 0.3 is 0 Å². The number of carbonyl (C=O) groups is 1. The van der Waals surface area contributed by atoms with E-state index >= 15 is 0 Å². The highest BCUT2D eigenvalue weighted by Crippen LogP contribution is 2.25.